The fourth-order valence-corrected chi connectivity index (χ4v) is 2.66. The first-order chi connectivity index (χ1) is 13.3. The van der Waals surface area contributed by atoms with Crippen LogP contribution in [0.4, 0.5) is 22.7 Å². The molecule has 0 aliphatic carbocycles. The van der Waals surface area contributed by atoms with Crippen LogP contribution in [0.5, 0.6) is 0 Å². The lowest BCUT2D eigenvalue weighted by Crippen LogP contribution is -2.34. The molecule has 0 N–H and O–H groups in total. The number of hydrogen-bond donors (Lipinski definition) is 0. The molecule has 6 heteroatoms. The van der Waals surface area contributed by atoms with E-state index in [2.05, 4.69) is 49.3 Å². The first-order valence-electron chi connectivity index (χ1n) is 9.68. The average Bonchev–Trinajstić information content (AvgIpc) is 2.69. The maximum absolute atomic E-state index is 11.3. The minimum atomic E-state index is -0.166. The van der Waals surface area contributed by atoms with Crippen LogP contribution >= 0.6 is 0 Å². The second kappa shape index (κ2) is 9.99. The highest BCUT2D eigenvalue weighted by molar-refractivity contribution is 5.68. The Balaban J connectivity index is 2.01. The van der Waals surface area contributed by atoms with Gasteiger partial charge in [-0.2, -0.15) is 10.2 Å². The lowest BCUT2D eigenvalue weighted by molar-refractivity contribution is -0.142. The molecule has 0 amide bonds. The molecule has 2 rings (SSSR count). The van der Waals surface area contributed by atoms with Crippen molar-refractivity contribution in [3.8, 4) is 0 Å². The highest BCUT2D eigenvalue weighted by Gasteiger charge is 2.12. The fourth-order valence-electron chi connectivity index (χ4n) is 2.66. The van der Waals surface area contributed by atoms with E-state index >= 15 is 0 Å². The van der Waals surface area contributed by atoms with Gasteiger partial charge in [0.2, 0.25) is 0 Å². The van der Waals surface area contributed by atoms with Gasteiger partial charge >= 0.3 is 5.97 Å². The molecule has 0 aliphatic heterocycles. The first-order valence-corrected chi connectivity index (χ1v) is 9.68. The minimum absolute atomic E-state index is 0.166. The van der Waals surface area contributed by atoms with Gasteiger partial charge in [0, 0.05) is 24.7 Å². The third-order valence-electron chi connectivity index (χ3n) is 4.39. The van der Waals surface area contributed by atoms with Crippen molar-refractivity contribution in [3.63, 3.8) is 0 Å². The van der Waals surface area contributed by atoms with Gasteiger partial charge in [-0.1, -0.05) is 13.0 Å². The Morgan fingerprint density at radius 2 is 1.68 bits per heavy atom. The molecule has 0 radical (unpaired) electrons. The highest BCUT2D eigenvalue weighted by atomic mass is 16.5. The van der Waals surface area contributed by atoms with E-state index in [4.69, 9.17) is 4.74 Å². The number of carbonyl (C=O) groups excluding carboxylic acids is 1. The van der Waals surface area contributed by atoms with Gasteiger partial charge in [0.1, 0.15) is 12.3 Å². The number of anilines is 1. The van der Waals surface area contributed by atoms with Gasteiger partial charge in [0.25, 0.3) is 0 Å². The zero-order valence-electron chi connectivity index (χ0n) is 17.6. The Morgan fingerprint density at radius 3 is 2.29 bits per heavy atom. The number of hydrogen-bond acceptors (Lipinski definition) is 5. The molecule has 2 aromatic rings. The number of ether oxygens (including phenoxy) is 1. The van der Waals surface area contributed by atoms with Crippen molar-refractivity contribution in [2.45, 2.75) is 20.3 Å². The average molecular weight is 384 g/mol. The maximum Gasteiger partial charge on any atom is 0.305 e. The topological polar surface area (TPSA) is 54.3 Å². The molecule has 0 aliphatic rings. The summed E-state index contributed by atoms with van der Waals surface area (Å²) in [7, 11) is 6.37. The van der Waals surface area contributed by atoms with Crippen LogP contribution in [0.1, 0.15) is 20.3 Å². The Labute approximate surface area is 168 Å². The van der Waals surface area contributed by atoms with E-state index in [0.29, 0.717) is 19.6 Å². The molecular weight excluding hydrogens is 352 g/mol. The van der Waals surface area contributed by atoms with Gasteiger partial charge in [-0.3, -0.25) is 9.28 Å². The Morgan fingerprint density at radius 1 is 1.00 bits per heavy atom. The van der Waals surface area contributed by atoms with Crippen molar-refractivity contribution in [1.82, 2.24) is 4.48 Å². The normalized spacial score (nSPS) is 11.6. The van der Waals surface area contributed by atoms with Crippen molar-refractivity contribution in [3.05, 3.63) is 48.5 Å². The number of azo groups is 1. The van der Waals surface area contributed by atoms with Gasteiger partial charge < -0.3 is 9.64 Å². The lowest BCUT2D eigenvalue weighted by Gasteiger charge is -2.23. The third-order valence-corrected chi connectivity index (χ3v) is 4.39. The van der Waals surface area contributed by atoms with Crippen LogP contribution in [0, 0.1) is 0 Å². The second-order valence-corrected chi connectivity index (χ2v) is 7.40. The number of carbonyl (C=O) groups is 1. The zero-order chi connectivity index (χ0) is 20.6. The summed E-state index contributed by atoms with van der Waals surface area (Å²) in [6, 6.07) is 16.0. The van der Waals surface area contributed by atoms with Crippen molar-refractivity contribution in [2.75, 3.05) is 45.7 Å². The smallest absolute Gasteiger partial charge is 0.305 e. The van der Waals surface area contributed by atoms with Gasteiger partial charge in [-0.25, -0.2) is 0 Å². The number of likely N-dealkylation sites (N-methyl/N-ethyl adjacent to an activating group) is 1. The molecule has 6 nitrogen and oxygen atoms in total. The molecule has 0 unspecified atom stereocenters. The first kappa shape index (κ1) is 21.6. The number of nitrogens with zero attached hydrogens (tertiary/aromatic N) is 4. The molecule has 0 saturated carbocycles. The van der Waals surface area contributed by atoms with Crippen LogP contribution < -0.4 is 9.38 Å². The summed E-state index contributed by atoms with van der Waals surface area (Å²) in [6.45, 7) is 5.77. The largest absolute Gasteiger partial charge is 0.464 e. The molecule has 0 aromatic heterocycles. The van der Waals surface area contributed by atoms with Crippen molar-refractivity contribution >= 4 is 28.7 Å². The van der Waals surface area contributed by atoms with Gasteiger partial charge in [-0.15, -0.1) is 0 Å². The van der Waals surface area contributed by atoms with Crippen LogP contribution in [0.25, 0.3) is 0 Å². The summed E-state index contributed by atoms with van der Waals surface area (Å²) in [6.07, 6.45) is 0.406. The van der Waals surface area contributed by atoms with Crippen molar-refractivity contribution in [1.29, 1.82) is 0 Å². The summed E-state index contributed by atoms with van der Waals surface area (Å²) in [5, 5.41) is 8.72. The summed E-state index contributed by atoms with van der Waals surface area (Å²) in [5.74, 6) is -0.166. The molecule has 0 fully saturated rings. The Kier molecular flexibility index (Phi) is 7.70. The number of rotatable bonds is 9. The van der Waals surface area contributed by atoms with Crippen LogP contribution in [0.3, 0.4) is 0 Å². The number of quaternary nitrogens is 1. The SMILES string of the molecule is CCC(=O)OCCN(CC)c1ccc(/N=N/c2cccc([N+](C)(C)C)c2)cc1. The van der Waals surface area contributed by atoms with E-state index in [9.17, 15) is 4.79 Å². The molecule has 28 heavy (non-hydrogen) atoms. The van der Waals surface area contributed by atoms with E-state index in [1.807, 2.05) is 42.5 Å². The maximum atomic E-state index is 11.3. The van der Waals surface area contributed by atoms with Gasteiger partial charge in [0.05, 0.1) is 39.1 Å². The number of esters is 1. The van der Waals surface area contributed by atoms with E-state index < -0.39 is 0 Å². The van der Waals surface area contributed by atoms with E-state index in [1.165, 1.54) is 5.69 Å². The Bertz CT molecular complexity index is 795. The van der Waals surface area contributed by atoms with E-state index in [1.54, 1.807) is 6.92 Å². The summed E-state index contributed by atoms with van der Waals surface area (Å²) in [5.41, 5.74) is 3.88. The molecule has 0 spiro atoms. The van der Waals surface area contributed by atoms with E-state index in [-0.39, 0.29) is 5.97 Å². The summed E-state index contributed by atoms with van der Waals surface area (Å²) in [4.78, 5) is 13.4. The zero-order valence-corrected chi connectivity index (χ0v) is 17.6. The van der Waals surface area contributed by atoms with Crippen LogP contribution in [-0.4, -0.2) is 46.8 Å². The summed E-state index contributed by atoms with van der Waals surface area (Å²) < 4.78 is 5.91. The Hall–Kier alpha value is -2.73. The van der Waals surface area contributed by atoms with Gasteiger partial charge in [0.15, 0.2) is 0 Å². The summed E-state index contributed by atoms with van der Waals surface area (Å²) >= 11 is 0. The molecule has 0 bridgehead atoms. The molecule has 0 saturated heterocycles. The quantitative estimate of drug-likeness (QED) is 0.345. The molecule has 150 valence electrons. The predicted octanol–water partition coefficient (Wildman–Crippen LogP) is 5.08. The third kappa shape index (κ3) is 6.46. The standard InChI is InChI=1S/C22H31N4O2/c1-6-22(27)28-16-15-25(7-2)20-13-11-18(12-14-20)23-24-19-9-8-10-21(17-19)26(3,4)5/h8-14,17H,6-7,15-16H2,1-5H3/q+1/b24-23+. The van der Waals surface area contributed by atoms with Crippen LogP contribution in [0.15, 0.2) is 58.8 Å². The van der Waals surface area contributed by atoms with Crippen LogP contribution in [-0.2, 0) is 9.53 Å². The van der Waals surface area contributed by atoms with Gasteiger partial charge in [-0.05, 0) is 43.3 Å². The van der Waals surface area contributed by atoms with Crippen molar-refractivity contribution in [2.24, 2.45) is 10.2 Å². The molecule has 0 atom stereocenters. The minimum Gasteiger partial charge on any atom is -0.464 e. The molecule has 2 aromatic carbocycles. The number of benzene rings is 2. The second-order valence-electron chi connectivity index (χ2n) is 7.40. The van der Waals surface area contributed by atoms with E-state index in [0.717, 1.165) is 28.1 Å². The molecular formula is C22H31N4O2+. The predicted molar refractivity (Wildman–Crippen MR) is 116 cm³/mol. The molecule has 0 heterocycles. The van der Waals surface area contributed by atoms with Crippen LogP contribution in [0.2, 0.25) is 0 Å². The fraction of sp³-hybridized carbons (Fsp3) is 0.409. The highest BCUT2D eigenvalue weighted by Crippen LogP contribution is 2.26. The lowest BCUT2D eigenvalue weighted by atomic mass is 10.2. The van der Waals surface area contributed by atoms with Crippen molar-refractivity contribution < 1.29 is 9.53 Å². The monoisotopic (exact) mass is 383 g/mol.